The Morgan fingerprint density at radius 1 is 1.19 bits per heavy atom. The molecule has 0 aliphatic heterocycles. The summed E-state index contributed by atoms with van der Waals surface area (Å²) in [6.45, 7) is 4.54. The fourth-order valence-corrected chi connectivity index (χ4v) is 3.92. The van der Waals surface area contributed by atoms with Gasteiger partial charge in [0.25, 0.3) is 0 Å². The van der Waals surface area contributed by atoms with Gasteiger partial charge in [-0.15, -0.1) is 0 Å². The molecule has 1 unspecified atom stereocenters. The van der Waals surface area contributed by atoms with Gasteiger partial charge in [-0.3, -0.25) is 0 Å². The standard InChI is InChI=1S/C22H24INO3/c1-3-4-13-27-21(25)22(2,26)17-15-24(14-16-9-6-5-7-10-16)19-12-8-11-18(23)20(17)19/h5-12,15,26H,3-4,13-14H2,1-2H3. The van der Waals surface area contributed by atoms with Crippen molar-refractivity contribution in [3.05, 3.63) is 69.4 Å². The molecule has 0 bridgehead atoms. The van der Waals surface area contributed by atoms with Crippen LogP contribution in [-0.4, -0.2) is 22.2 Å². The van der Waals surface area contributed by atoms with E-state index in [0.29, 0.717) is 18.7 Å². The Kier molecular flexibility index (Phi) is 6.22. The Bertz CT molecular complexity index is 931. The summed E-state index contributed by atoms with van der Waals surface area (Å²) in [6.07, 6.45) is 3.60. The van der Waals surface area contributed by atoms with Gasteiger partial charge in [0.1, 0.15) is 0 Å². The molecule has 5 heteroatoms. The third kappa shape index (κ3) is 4.19. The summed E-state index contributed by atoms with van der Waals surface area (Å²) >= 11 is 2.25. The largest absolute Gasteiger partial charge is 0.463 e. The molecule has 27 heavy (non-hydrogen) atoms. The predicted molar refractivity (Wildman–Crippen MR) is 116 cm³/mol. The van der Waals surface area contributed by atoms with E-state index in [1.54, 1.807) is 0 Å². The maximum atomic E-state index is 12.6. The van der Waals surface area contributed by atoms with Crippen molar-refractivity contribution in [1.82, 2.24) is 4.57 Å². The maximum absolute atomic E-state index is 12.6. The minimum atomic E-state index is -1.70. The van der Waals surface area contributed by atoms with Gasteiger partial charge in [-0.1, -0.05) is 49.7 Å². The lowest BCUT2D eigenvalue weighted by Crippen LogP contribution is -2.34. The van der Waals surface area contributed by atoms with Crippen LogP contribution in [0, 0.1) is 3.57 Å². The van der Waals surface area contributed by atoms with Crippen LogP contribution in [0.15, 0.2) is 54.7 Å². The molecule has 0 saturated carbocycles. The highest BCUT2D eigenvalue weighted by Gasteiger charge is 2.37. The van der Waals surface area contributed by atoms with Crippen LogP contribution >= 0.6 is 22.6 Å². The first kappa shape index (κ1) is 19.9. The Morgan fingerprint density at radius 2 is 1.93 bits per heavy atom. The fraction of sp³-hybridized carbons (Fsp3) is 0.318. The number of carbonyl (C=O) groups excluding carboxylic acids is 1. The van der Waals surface area contributed by atoms with Crippen molar-refractivity contribution >= 4 is 39.5 Å². The molecule has 3 rings (SSSR count). The molecule has 0 radical (unpaired) electrons. The van der Waals surface area contributed by atoms with Crippen LogP contribution in [0.1, 0.15) is 37.8 Å². The van der Waals surface area contributed by atoms with E-state index in [4.69, 9.17) is 4.74 Å². The van der Waals surface area contributed by atoms with Crippen molar-refractivity contribution in [2.45, 2.75) is 38.8 Å². The van der Waals surface area contributed by atoms with Gasteiger partial charge in [0, 0.05) is 32.8 Å². The number of unbranched alkanes of at least 4 members (excludes halogenated alkanes) is 1. The number of ether oxygens (including phenoxy) is 1. The first-order valence-corrected chi connectivity index (χ1v) is 10.2. The molecular formula is C22H24INO3. The molecule has 1 heterocycles. The summed E-state index contributed by atoms with van der Waals surface area (Å²) in [7, 11) is 0. The second-order valence-electron chi connectivity index (χ2n) is 6.85. The zero-order valence-electron chi connectivity index (χ0n) is 15.6. The number of aromatic nitrogens is 1. The topological polar surface area (TPSA) is 51.5 Å². The van der Waals surface area contributed by atoms with Crippen molar-refractivity contribution in [2.24, 2.45) is 0 Å². The van der Waals surface area contributed by atoms with Crippen LogP contribution in [-0.2, 0) is 21.7 Å². The minimum absolute atomic E-state index is 0.325. The molecule has 3 aromatic rings. The number of hydrogen-bond donors (Lipinski definition) is 1. The summed E-state index contributed by atoms with van der Waals surface area (Å²) in [6, 6.07) is 16.1. The van der Waals surface area contributed by atoms with E-state index in [-0.39, 0.29) is 0 Å². The molecule has 0 aliphatic carbocycles. The number of hydrogen-bond acceptors (Lipinski definition) is 3. The van der Waals surface area contributed by atoms with Crippen LogP contribution in [0.25, 0.3) is 10.9 Å². The van der Waals surface area contributed by atoms with Crippen molar-refractivity contribution in [1.29, 1.82) is 0 Å². The van der Waals surface area contributed by atoms with E-state index < -0.39 is 11.6 Å². The molecule has 2 aromatic carbocycles. The van der Waals surface area contributed by atoms with E-state index in [1.165, 1.54) is 6.92 Å². The average molecular weight is 477 g/mol. The monoisotopic (exact) mass is 477 g/mol. The predicted octanol–water partition coefficient (Wildman–Crippen LogP) is 4.85. The highest BCUT2D eigenvalue weighted by atomic mass is 127. The number of carbonyl (C=O) groups is 1. The fourth-order valence-electron chi connectivity index (χ4n) is 3.15. The Balaban J connectivity index is 2.03. The zero-order chi connectivity index (χ0) is 19.4. The Hall–Kier alpha value is -1.86. The molecule has 1 N–H and O–H groups in total. The van der Waals surface area contributed by atoms with E-state index >= 15 is 0 Å². The van der Waals surface area contributed by atoms with E-state index in [9.17, 15) is 9.90 Å². The number of aliphatic hydroxyl groups is 1. The molecule has 1 aromatic heterocycles. The van der Waals surface area contributed by atoms with Gasteiger partial charge < -0.3 is 14.4 Å². The summed E-state index contributed by atoms with van der Waals surface area (Å²) in [5, 5.41) is 12.0. The normalized spacial score (nSPS) is 13.5. The second-order valence-corrected chi connectivity index (χ2v) is 8.01. The molecule has 1 atom stereocenters. The van der Waals surface area contributed by atoms with Crippen molar-refractivity contribution < 1.29 is 14.6 Å². The van der Waals surface area contributed by atoms with Gasteiger partial charge in [0.15, 0.2) is 5.60 Å². The molecule has 0 amide bonds. The van der Waals surface area contributed by atoms with Gasteiger partial charge in [0.05, 0.1) is 6.61 Å². The Labute approximate surface area is 173 Å². The summed E-state index contributed by atoms with van der Waals surface area (Å²) in [5.74, 6) is -0.602. The van der Waals surface area contributed by atoms with Gasteiger partial charge in [-0.25, -0.2) is 4.79 Å². The molecular weight excluding hydrogens is 453 g/mol. The first-order chi connectivity index (χ1) is 12.9. The summed E-state index contributed by atoms with van der Waals surface area (Å²) in [5.41, 5.74) is 1.03. The van der Waals surface area contributed by atoms with Crippen LogP contribution in [0.3, 0.4) is 0 Å². The average Bonchev–Trinajstić information content (AvgIpc) is 3.03. The number of halogens is 1. The highest BCUT2D eigenvalue weighted by Crippen LogP contribution is 2.35. The van der Waals surface area contributed by atoms with Gasteiger partial charge >= 0.3 is 5.97 Å². The van der Waals surface area contributed by atoms with Gasteiger partial charge in [0.2, 0.25) is 0 Å². The van der Waals surface area contributed by atoms with E-state index in [0.717, 1.165) is 32.9 Å². The number of fused-ring (bicyclic) bond motifs is 1. The lowest BCUT2D eigenvalue weighted by atomic mass is 9.96. The highest BCUT2D eigenvalue weighted by molar-refractivity contribution is 14.1. The molecule has 0 fully saturated rings. The minimum Gasteiger partial charge on any atom is -0.463 e. The zero-order valence-corrected chi connectivity index (χ0v) is 17.8. The molecule has 0 aliphatic rings. The second kappa shape index (κ2) is 8.44. The van der Waals surface area contributed by atoms with Crippen LogP contribution in [0.4, 0.5) is 0 Å². The molecule has 142 valence electrons. The van der Waals surface area contributed by atoms with Crippen LogP contribution in [0.2, 0.25) is 0 Å². The third-order valence-corrected chi connectivity index (χ3v) is 5.60. The number of nitrogens with zero attached hydrogens (tertiary/aromatic N) is 1. The molecule has 4 nitrogen and oxygen atoms in total. The SMILES string of the molecule is CCCCOC(=O)C(C)(O)c1cn(Cc2ccccc2)c2cccc(I)c12. The van der Waals surface area contributed by atoms with Crippen molar-refractivity contribution in [2.75, 3.05) is 6.61 Å². The first-order valence-electron chi connectivity index (χ1n) is 9.16. The number of rotatable bonds is 7. The van der Waals surface area contributed by atoms with Crippen LogP contribution < -0.4 is 0 Å². The lowest BCUT2D eigenvalue weighted by Gasteiger charge is -2.21. The van der Waals surface area contributed by atoms with Gasteiger partial charge in [-0.2, -0.15) is 0 Å². The van der Waals surface area contributed by atoms with Crippen LogP contribution in [0.5, 0.6) is 0 Å². The van der Waals surface area contributed by atoms with Crippen molar-refractivity contribution in [3.8, 4) is 0 Å². The lowest BCUT2D eigenvalue weighted by molar-refractivity contribution is -0.164. The van der Waals surface area contributed by atoms with E-state index in [1.807, 2.05) is 49.5 Å². The Morgan fingerprint density at radius 3 is 2.63 bits per heavy atom. The molecule has 0 spiro atoms. The quantitative estimate of drug-likeness (QED) is 0.301. The number of benzene rings is 2. The maximum Gasteiger partial charge on any atom is 0.342 e. The summed E-state index contributed by atoms with van der Waals surface area (Å²) in [4.78, 5) is 12.6. The molecule has 0 saturated heterocycles. The summed E-state index contributed by atoms with van der Waals surface area (Å²) < 4.78 is 8.39. The van der Waals surface area contributed by atoms with Gasteiger partial charge in [-0.05, 0) is 53.6 Å². The number of esters is 1. The third-order valence-electron chi connectivity index (χ3n) is 4.70. The van der Waals surface area contributed by atoms with E-state index in [2.05, 4.69) is 39.3 Å². The smallest absolute Gasteiger partial charge is 0.342 e. The van der Waals surface area contributed by atoms with Crippen molar-refractivity contribution in [3.63, 3.8) is 0 Å².